The van der Waals surface area contributed by atoms with Crippen molar-refractivity contribution in [1.82, 2.24) is 10.2 Å². The van der Waals surface area contributed by atoms with Crippen LogP contribution in [0.3, 0.4) is 0 Å². The number of para-hydroxylation sites is 1. The third-order valence-corrected chi connectivity index (χ3v) is 5.30. The van der Waals surface area contributed by atoms with Crippen LogP contribution in [0.1, 0.15) is 11.1 Å². The van der Waals surface area contributed by atoms with Gasteiger partial charge < -0.3 is 10.2 Å². The summed E-state index contributed by atoms with van der Waals surface area (Å²) in [5, 5.41) is 3.79. The zero-order valence-electron chi connectivity index (χ0n) is 16.5. The Labute approximate surface area is 176 Å². The Kier molecular flexibility index (Phi) is 7.90. The summed E-state index contributed by atoms with van der Waals surface area (Å²) in [7, 11) is 2.00. The van der Waals surface area contributed by atoms with Gasteiger partial charge in [-0.3, -0.25) is 4.79 Å². The fourth-order valence-electron chi connectivity index (χ4n) is 2.74. The van der Waals surface area contributed by atoms with Crippen molar-refractivity contribution in [2.75, 3.05) is 12.8 Å². The highest BCUT2D eigenvalue weighted by Crippen LogP contribution is 2.18. The first-order valence-electron chi connectivity index (χ1n) is 9.53. The van der Waals surface area contributed by atoms with E-state index in [1.165, 1.54) is 17.3 Å². The number of hydrogen-bond acceptors (Lipinski definition) is 3. The standard InChI is InChI=1S/C24H25N3OS/c1-27(18-21-13-7-3-8-14-21)24(26-22-15-9-4-10-16-22)29-19-23(28)25-17-20-11-5-2-6-12-20/h2-16H,17-19H2,1H3,(H,25,28). The number of amidine groups is 1. The average molecular weight is 404 g/mol. The number of carbonyl (C=O) groups excluding carboxylic acids is 1. The largest absolute Gasteiger partial charge is 0.351 e. The number of hydrogen-bond donors (Lipinski definition) is 1. The molecule has 0 aliphatic carbocycles. The van der Waals surface area contributed by atoms with Gasteiger partial charge in [0.2, 0.25) is 5.91 Å². The van der Waals surface area contributed by atoms with Crippen molar-refractivity contribution in [3.05, 3.63) is 102 Å². The van der Waals surface area contributed by atoms with Gasteiger partial charge in [0.15, 0.2) is 5.17 Å². The molecular weight excluding hydrogens is 378 g/mol. The van der Waals surface area contributed by atoms with Gasteiger partial charge in [-0.1, -0.05) is 90.6 Å². The fourth-order valence-corrected chi connectivity index (χ4v) is 3.56. The summed E-state index contributed by atoms with van der Waals surface area (Å²) in [6, 6.07) is 30.0. The van der Waals surface area contributed by atoms with Crippen molar-refractivity contribution in [2.24, 2.45) is 4.99 Å². The van der Waals surface area contributed by atoms with Crippen molar-refractivity contribution in [1.29, 1.82) is 0 Å². The summed E-state index contributed by atoms with van der Waals surface area (Å²) in [6.07, 6.45) is 0. The molecule has 0 saturated heterocycles. The highest BCUT2D eigenvalue weighted by atomic mass is 32.2. The van der Waals surface area contributed by atoms with E-state index in [-0.39, 0.29) is 5.91 Å². The number of benzene rings is 3. The van der Waals surface area contributed by atoms with Gasteiger partial charge >= 0.3 is 0 Å². The van der Waals surface area contributed by atoms with E-state index in [0.29, 0.717) is 12.3 Å². The Bertz CT molecular complexity index is 915. The SMILES string of the molecule is CN(Cc1ccccc1)C(=Nc1ccccc1)SCC(=O)NCc1ccccc1. The number of nitrogens with one attached hydrogen (secondary N) is 1. The van der Waals surface area contributed by atoms with Crippen molar-refractivity contribution < 1.29 is 4.79 Å². The van der Waals surface area contributed by atoms with E-state index in [9.17, 15) is 4.79 Å². The molecule has 29 heavy (non-hydrogen) atoms. The maximum absolute atomic E-state index is 12.3. The second-order valence-electron chi connectivity index (χ2n) is 6.62. The monoisotopic (exact) mass is 403 g/mol. The third kappa shape index (κ3) is 7.12. The number of carbonyl (C=O) groups is 1. The van der Waals surface area contributed by atoms with Crippen molar-refractivity contribution >= 4 is 28.5 Å². The van der Waals surface area contributed by atoms with Gasteiger partial charge in [-0.2, -0.15) is 0 Å². The average Bonchev–Trinajstić information content (AvgIpc) is 2.77. The molecule has 3 rings (SSSR count). The number of nitrogens with zero attached hydrogens (tertiary/aromatic N) is 2. The third-order valence-electron chi connectivity index (χ3n) is 4.23. The quantitative estimate of drug-likeness (QED) is 0.453. The van der Waals surface area contributed by atoms with Crippen LogP contribution in [0.15, 0.2) is 96.0 Å². The number of amides is 1. The zero-order valence-corrected chi connectivity index (χ0v) is 17.3. The van der Waals surface area contributed by atoms with Crippen molar-refractivity contribution in [3.63, 3.8) is 0 Å². The molecule has 3 aromatic carbocycles. The predicted molar refractivity (Wildman–Crippen MR) is 122 cm³/mol. The minimum absolute atomic E-state index is 0.00674. The lowest BCUT2D eigenvalue weighted by molar-refractivity contribution is -0.118. The van der Waals surface area contributed by atoms with Gasteiger partial charge in [0.1, 0.15) is 0 Å². The Balaban J connectivity index is 1.63. The van der Waals surface area contributed by atoms with E-state index >= 15 is 0 Å². The maximum Gasteiger partial charge on any atom is 0.230 e. The Hall–Kier alpha value is -3.05. The highest BCUT2D eigenvalue weighted by molar-refractivity contribution is 8.14. The number of rotatable bonds is 7. The Morgan fingerprint density at radius 2 is 1.41 bits per heavy atom. The second-order valence-corrected chi connectivity index (χ2v) is 7.57. The molecule has 148 valence electrons. The summed E-state index contributed by atoms with van der Waals surface area (Å²) in [4.78, 5) is 19.2. The van der Waals surface area contributed by atoms with Crippen LogP contribution in [0.25, 0.3) is 0 Å². The van der Waals surface area contributed by atoms with Crippen LogP contribution in [0.4, 0.5) is 5.69 Å². The summed E-state index contributed by atoms with van der Waals surface area (Å²) in [5.41, 5.74) is 3.16. The van der Waals surface area contributed by atoms with Crippen LogP contribution in [0.2, 0.25) is 0 Å². The molecule has 0 fully saturated rings. The van der Waals surface area contributed by atoms with Gasteiger partial charge in [-0.05, 0) is 23.3 Å². The van der Waals surface area contributed by atoms with E-state index in [1.54, 1.807) is 0 Å². The van der Waals surface area contributed by atoms with Gasteiger partial charge in [0.05, 0.1) is 11.4 Å². The van der Waals surface area contributed by atoms with Crippen molar-refractivity contribution in [2.45, 2.75) is 13.1 Å². The smallest absolute Gasteiger partial charge is 0.230 e. The molecular formula is C24H25N3OS. The van der Waals surface area contributed by atoms with E-state index in [1.807, 2.05) is 85.9 Å². The van der Waals surface area contributed by atoms with E-state index in [2.05, 4.69) is 22.3 Å². The zero-order chi connectivity index (χ0) is 20.3. The minimum Gasteiger partial charge on any atom is -0.351 e. The molecule has 0 bridgehead atoms. The molecule has 0 atom stereocenters. The van der Waals surface area contributed by atoms with E-state index in [0.717, 1.165) is 23.0 Å². The van der Waals surface area contributed by atoms with Crippen LogP contribution in [-0.4, -0.2) is 28.8 Å². The first-order chi connectivity index (χ1) is 14.2. The molecule has 1 amide bonds. The van der Waals surface area contributed by atoms with Gasteiger partial charge in [0.25, 0.3) is 0 Å². The normalized spacial score (nSPS) is 11.1. The highest BCUT2D eigenvalue weighted by Gasteiger charge is 2.12. The number of aliphatic imine (C=N–C) groups is 1. The molecule has 0 aliphatic heterocycles. The molecule has 0 unspecified atom stereocenters. The molecule has 0 heterocycles. The van der Waals surface area contributed by atoms with Crippen LogP contribution in [0.5, 0.6) is 0 Å². The van der Waals surface area contributed by atoms with Crippen LogP contribution >= 0.6 is 11.8 Å². The van der Waals surface area contributed by atoms with Gasteiger partial charge in [-0.25, -0.2) is 4.99 Å². The van der Waals surface area contributed by atoms with Crippen molar-refractivity contribution in [3.8, 4) is 0 Å². The first-order valence-corrected chi connectivity index (χ1v) is 10.5. The lowest BCUT2D eigenvalue weighted by atomic mass is 10.2. The van der Waals surface area contributed by atoms with Gasteiger partial charge in [0, 0.05) is 20.1 Å². The molecule has 3 aromatic rings. The molecule has 0 radical (unpaired) electrons. The summed E-state index contributed by atoms with van der Waals surface area (Å²) in [6.45, 7) is 1.26. The predicted octanol–water partition coefficient (Wildman–Crippen LogP) is 4.86. The number of thioether (sulfide) groups is 1. The minimum atomic E-state index is -0.00674. The van der Waals surface area contributed by atoms with Gasteiger partial charge in [-0.15, -0.1) is 0 Å². The molecule has 0 aromatic heterocycles. The topological polar surface area (TPSA) is 44.7 Å². The Morgan fingerprint density at radius 3 is 2.03 bits per heavy atom. The summed E-state index contributed by atoms with van der Waals surface area (Å²) in [5.74, 6) is 0.310. The fraction of sp³-hybridized carbons (Fsp3) is 0.167. The summed E-state index contributed by atoms with van der Waals surface area (Å²) >= 11 is 1.45. The molecule has 4 nitrogen and oxygen atoms in total. The molecule has 0 saturated carbocycles. The van der Waals surface area contributed by atoms with Crippen LogP contribution in [-0.2, 0) is 17.9 Å². The second kappa shape index (κ2) is 11.1. The van der Waals surface area contributed by atoms with E-state index in [4.69, 9.17) is 4.99 Å². The Morgan fingerprint density at radius 1 is 0.862 bits per heavy atom. The molecule has 5 heteroatoms. The van der Waals surface area contributed by atoms with Crippen LogP contribution < -0.4 is 5.32 Å². The van der Waals surface area contributed by atoms with E-state index < -0.39 is 0 Å². The molecule has 0 aliphatic rings. The maximum atomic E-state index is 12.3. The summed E-state index contributed by atoms with van der Waals surface area (Å²) < 4.78 is 0. The molecule has 0 spiro atoms. The lowest BCUT2D eigenvalue weighted by Gasteiger charge is -2.21. The molecule has 1 N–H and O–H groups in total. The lowest BCUT2D eigenvalue weighted by Crippen LogP contribution is -2.28. The first kappa shape index (κ1) is 20.7. The van der Waals surface area contributed by atoms with Crippen LogP contribution in [0, 0.1) is 0 Å².